The van der Waals surface area contributed by atoms with Crippen molar-refractivity contribution < 1.29 is 26.0 Å². The van der Waals surface area contributed by atoms with Gasteiger partial charge in [0.15, 0.2) is 0 Å². The molecule has 1 N–H and O–H groups in total. The van der Waals surface area contributed by atoms with Crippen LogP contribution >= 0.6 is 0 Å². The highest BCUT2D eigenvalue weighted by Gasteiger charge is 2.32. The van der Waals surface area contributed by atoms with Gasteiger partial charge >= 0.3 is 6.18 Å². The van der Waals surface area contributed by atoms with Crippen molar-refractivity contribution in [1.29, 1.82) is 0 Å². The third-order valence-corrected chi connectivity index (χ3v) is 6.02. The van der Waals surface area contributed by atoms with E-state index in [-0.39, 0.29) is 11.4 Å². The number of sulfonamides is 1. The monoisotopic (exact) mass is 403 g/mol. The number of benzene rings is 1. The smallest absolute Gasteiger partial charge is 0.355 e. The van der Waals surface area contributed by atoms with E-state index >= 15 is 0 Å². The normalized spacial score (nSPS) is 18.1. The van der Waals surface area contributed by atoms with Crippen LogP contribution < -0.4 is 9.62 Å². The fraction of sp³-hybridized carbons (Fsp3) is 0.353. The minimum absolute atomic E-state index is 0.00462. The van der Waals surface area contributed by atoms with E-state index in [9.17, 15) is 26.0 Å². The summed E-state index contributed by atoms with van der Waals surface area (Å²) in [7, 11) is -3.84. The number of hydrogen-bond acceptors (Lipinski definition) is 4. The van der Waals surface area contributed by atoms with Crippen LogP contribution in [0.1, 0.15) is 17.5 Å². The number of alkyl halides is 3. The van der Waals surface area contributed by atoms with Crippen molar-refractivity contribution in [2.45, 2.75) is 30.5 Å². The zero-order valence-electron chi connectivity index (χ0n) is 14.3. The van der Waals surface area contributed by atoms with E-state index in [0.29, 0.717) is 24.3 Å². The molecule has 0 amide bonds. The van der Waals surface area contributed by atoms with Crippen LogP contribution in [0.2, 0.25) is 0 Å². The van der Waals surface area contributed by atoms with E-state index in [0.717, 1.165) is 24.4 Å². The molecule has 1 aromatic heterocycles. The summed E-state index contributed by atoms with van der Waals surface area (Å²) in [6.07, 6.45) is -3.22. The molecule has 0 radical (unpaired) electrons. The second-order valence-corrected chi connectivity index (χ2v) is 8.05. The van der Waals surface area contributed by atoms with Gasteiger partial charge in [-0.25, -0.2) is 22.5 Å². The molecular weight excluding hydrogens is 386 g/mol. The topological polar surface area (TPSA) is 62.3 Å². The maximum absolute atomic E-state index is 13.2. The van der Waals surface area contributed by atoms with Crippen molar-refractivity contribution in [1.82, 2.24) is 9.71 Å². The van der Waals surface area contributed by atoms with Crippen molar-refractivity contribution in [3.8, 4) is 0 Å². The summed E-state index contributed by atoms with van der Waals surface area (Å²) in [6.45, 7) is 2.23. The average Bonchev–Trinajstić information content (AvgIpc) is 3.01. The lowest BCUT2D eigenvalue weighted by Crippen LogP contribution is -2.37. The number of nitrogens with one attached hydrogen (secondary N) is 1. The fourth-order valence-corrected chi connectivity index (χ4v) is 4.49. The lowest BCUT2D eigenvalue weighted by molar-refractivity contribution is -0.137. The summed E-state index contributed by atoms with van der Waals surface area (Å²) in [5, 5.41) is 0. The van der Waals surface area contributed by atoms with Gasteiger partial charge in [0.05, 0.1) is 10.5 Å². The number of hydrogen-bond donors (Lipinski definition) is 1. The Morgan fingerprint density at radius 2 is 1.96 bits per heavy atom. The van der Waals surface area contributed by atoms with Crippen LogP contribution in [-0.2, 0) is 16.2 Å². The molecule has 1 saturated heterocycles. The Balaban J connectivity index is 1.69. The Bertz CT molecular complexity index is 930. The second kappa shape index (κ2) is 7.08. The van der Waals surface area contributed by atoms with Gasteiger partial charge in [-0.2, -0.15) is 13.2 Å². The standard InChI is InChI=1S/C17H17F4N3O2S/c1-11-8-13(18)3-4-15(11)27(25,26)23-14-6-7-24(10-14)16-5-2-12(9-22-16)17(19,20)21/h2-5,8-9,14,23H,6-7,10H2,1H3. The molecule has 0 saturated carbocycles. The average molecular weight is 403 g/mol. The van der Waals surface area contributed by atoms with Gasteiger partial charge in [0.25, 0.3) is 0 Å². The Labute approximate surface area is 154 Å². The van der Waals surface area contributed by atoms with Gasteiger partial charge in [0, 0.05) is 25.3 Å². The predicted octanol–water partition coefficient (Wildman–Crippen LogP) is 3.11. The van der Waals surface area contributed by atoms with Gasteiger partial charge in [-0.15, -0.1) is 0 Å². The second-order valence-electron chi connectivity index (χ2n) is 6.37. The number of aromatic nitrogens is 1. The minimum atomic E-state index is -4.46. The van der Waals surface area contributed by atoms with Crippen molar-refractivity contribution in [3.63, 3.8) is 0 Å². The predicted molar refractivity (Wildman–Crippen MR) is 91.3 cm³/mol. The third kappa shape index (κ3) is 4.38. The summed E-state index contributed by atoms with van der Waals surface area (Å²) >= 11 is 0. The highest BCUT2D eigenvalue weighted by atomic mass is 32.2. The molecule has 1 aliphatic rings. The largest absolute Gasteiger partial charge is 0.417 e. The zero-order valence-corrected chi connectivity index (χ0v) is 15.1. The van der Waals surface area contributed by atoms with E-state index in [1.54, 1.807) is 4.90 Å². The molecular formula is C17H17F4N3O2S. The fourth-order valence-electron chi connectivity index (χ4n) is 3.00. The molecule has 146 valence electrons. The highest BCUT2D eigenvalue weighted by Crippen LogP contribution is 2.30. The van der Waals surface area contributed by atoms with E-state index in [1.165, 1.54) is 19.1 Å². The Hall–Kier alpha value is -2.20. The summed E-state index contributed by atoms with van der Waals surface area (Å²) in [4.78, 5) is 5.54. The molecule has 2 aromatic rings. The van der Waals surface area contributed by atoms with Gasteiger partial charge in [-0.1, -0.05) is 0 Å². The molecule has 0 bridgehead atoms. The van der Waals surface area contributed by atoms with Crippen LogP contribution in [0.3, 0.4) is 0 Å². The maximum atomic E-state index is 13.2. The third-order valence-electron chi connectivity index (χ3n) is 4.34. The molecule has 1 aromatic carbocycles. The number of aryl methyl sites for hydroxylation is 1. The number of rotatable bonds is 4. The number of halogens is 4. The summed E-state index contributed by atoms with van der Waals surface area (Å²) in [5.41, 5.74) is -0.545. The van der Waals surface area contributed by atoms with E-state index < -0.39 is 33.6 Å². The van der Waals surface area contributed by atoms with E-state index in [4.69, 9.17) is 0 Å². The van der Waals surface area contributed by atoms with Gasteiger partial charge in [0.2, 0.25) is 10.0 Å². The Morgan fingerprint density at radius 1 is 1.22 bits per heavy atom. The molecule has 0 aliphatic carbocycles. The van der Waals surface area contributed by atoms with Crippen molar-refractivity contribution in [2.24, 2.45) is 0 Å². The molecule has 1 unspecified atom stereocenters. The number of anilines is 1. The van der Waals surface area contributed by atoms with Crippen molar-refractivity contribution >= 4 is 15.8 Å². The molecule has 0 spiro atoms. The first-order valence-electron chi connectivity index (χ1n) is 8.13. The molecule has 27 heavy (non-hydrogen) atoms. The van der Waals surface area contributed by atoms with Crippen LogP contribution in [0.15, 0.2) is 41.4 Å². The van der Waals surface area contributed by atoms with Crippen molar-refractivity contribution in [2.75, 3.05) is 18.0 Å². The van der Waals surface area contributed by atoms with Crippen LogP contribution in [0.25, 0.3) is 0 Å². The number of pyridine rings is 1. The van der Waals surface area contributed by atoms with Gasteiger partial charge in [0.1, 0.15) is 11.6 Å². The Kier molecular flexibility index (Phi) is 5.13. The molecule has 2 heterocycles. The lowest BCUT2D eigenvalue weighted by atomic mass is 10.2. The van der Waals surface area contributed by atoms with Crippen molar-refractivity contribution in [3.05, 3.63) is 53.5 Å². The maximum Gasteiger partial charge on any atom is 0.417 e. The number of nitrogens with zero attached hydrogens (tertiary/aromatic N) is 2. The molecule has 1 aliphatic heterocycles. The summed E-state index contributed by atoms with van der Waals surface area (Å²) < 4.78 is 78.6. The molecule has 1 fully saturated rings. The van der Waals surface area contributed by atoms with E-state index in [1.807, 2.05) is 0 Å². The molecule has 10 heteroatoms. The van der Waals surface area contributed by atoms with Crippen LogP contribution in [0.5, 0.6) is 0 Å². The molecule has 1 atom stereocenters. The summed E-state index contributed by atoms with van der Waals surface area (Å²) in [5.74, 6) is -0.172. The molecule has 5 nitrogen and oxygen atoms in total. The molecule has 3 rings (SSSR count). The first kappa shape index (κ1) is 19.6. The Morgan fingerprint density at radius 3 is 2.56 bits per heavy atom. The highest BCUT2D eigenvalue weighted by molar-refractivity contribution is 7.89. The zero-order chi connectivity index (χ0) is 19.8. The summed E-state index contributed by atoms with van der Waals surface area (Å²) in [6, 6.07) is 5.21. The van der Waals surface area contributed by atoms with Gasteiger partial charge in [-0.05, 0) is 49.2 Å². The first-order chi connectivity index (χ1) is 12.6. The van der Waals surface area contributed by atoms with Crippen LogP contribution in [-0.4, -0.2) is 32.5 Å². The minimum Gasteiger partial charge on any atom is -0.355 e. The van der Waals surface area contributed by atoms with Gasteiger partial charge < -0.3 is 4.90 Å². The quantitative estimate of drug-likeness (QED) is 0.797. The lowest BCUT2D eigenvalue weighted by Gasteiger charge is -2.19. The van der Waals surface area contributed by atoms with Crippen LogP contribution in [0, 0.1) is 12.7 Å². The SMILES string of the molecule is Cc1cc(F)ccc1S(=O)(=O)NC1CCN(c2ccc(C(F)(F)F)cn2)C1. The van der Waals surface area contributed by atoms with Crippen LogP contribution in [0.4, 0.5) is 23.4 Å². The van der Waals surface area contributed by atoms with E-state index in [2.05, 4.69) is 9.71 Å². The first-order valence-corrected chi connectivity index (χ1v) is 9.61. The van der Waals surface area contributed by atoms with Gasteiger partial charge in [-0.3, -0.25) is 0 Å².